The average molecular weight is 509 g/mol. The normalized spacial score (nSPS) is 38.7. The van der Waals surface area contributed by atoms with Gasteiger partial charge >= 0.3 is 0 Å². The van der Waals surface area contributed by atoms with E-state index in [0.29, 0.717) is 17.8 Å². The van der Waals surface area contributed by atoms with E-state index >= 15 is 0 Å². The van der Waals surface area contributed by atoms with Crippen LogP contribution in [0.15, 0.2) is 47.2 Å². The van der Waals surface area contributed by atoms with Crippen LogP contribution in [0, 0.1) is 34.5 Å². The molecule has 6 heteroatoms. The third-order valence-electron chi connectivity index (χ3n) is 10.2. The van der Waals surface area contributed by atoms with Gasteiger partial charge in [-0.15, -0.1) is 22.7 Å². The van der Waals surface area contributed by atoms with Gasteiger partial charge in [0, 0.05) is 33.5 Å². The topological polar surface area (TPSA) is 58.2 Å². The molecular weight excluding hydrogens is 472 g/mol. The molecule has 3 heterocycles. The molecule has 8 atom stereocenters. The van der Waals surface area contributed by atoms with Crippen molar-refractivity contribution in [2.45, 2.75) is 70.9 Å². The maximum Gasteiger partial charge on any atom is 0.243 e. The lowest BCUT2D eigenvalue weighted by molar-refractivity contribution is -0.134. The molecule has 1 unspecified atom stereocenters. The molecule has 2 aromatic rings. The molecule has 4 aliphatic rings. The first-order valence-corrected chi connectivity index (χ1v) is 15.0. The molecule has 0 spiro atoms. The number of hydrogen-bond donors (Lipinski definition) is 2. The van der Waals surface area contributed by atoms with E-state index in [1.54, 1.807) is 28.7 Å². The number of fused-ring (bicyclic) bond motifs is 5. The van der Waals surface area contributed by atoms with E-state index in [0.717, 1.165) is 38.5 Å². The second kappa shape index (κ2) is 8.88. The smallest absolute Gasteiger partial charge is 0.243 e. The van der Waals surface area contributed by atoms with Crippen molar-refractivity contribution in [3.63, 3.8) is 0 Å². The summed E-state index contributed by atoms with van der Waals surface area (Å²) in [4.78, 5) is 28.4. The summed E-state index contributed by atoms with van der Waals surface area (Å²) in [6, 6.07) is 8.81. The molecular formula is C29H36N2O2S2. The fourth-order valence-electron chi connectivity index (χ4n) is 8.38. The molecule has 0 bridgehead atoms. The van der Waals surface area contributed by atoms with E-state index in [4.69, 9.17) is 0 Å². The molecule has 1 aliphatic heterocycles. The third-order valence-corrected chi connectivity index (χ3v) is 12.1. The summed E-state index contributed by atoms with van der Waals surface area (Å²) < 4.78 is 0. The van der Waals surface area contributed by atoms with Crippen molar-refractivity contribution in [3.05, 3.63) is 56.9 Å². The average Bonchev–Trinajstić information content (AvgIpc) is 3.60. The van der Waals surface area contributed by atoms with Gasteiger partial charge in [0.1, 0.15) is 0 Å². The summed E-state index contributed by atoms with van der Waals surface area (Å²) in [5, 5.41) is 11.0. The third kappa shape index (κ3) is 3.92. The summed E-state index contributed by atoms with van der Waals surface area (Å²) in [6.07, 6.45) is 11.5. The van der Waals surface area contributed by atoms with Crippen molar-refractivity contribution in [1.29, 1.82) is 0 Å². The van der Waals surface area contributed by atoms with E-state index in [2.05, 4.69) is 65.6 Å². The van der Waals surface area contributed by atoms with Gasteiger partial charge in [0.25, 0.3) is 0 Å². The van der Waals surface area contributed by atoms with Crippen molar-refractivity contribution < 1.29 is 9.59 Å². The molecule has 3 saturated carbocycles. The van der Waals surface area contributed by atoms with Crippen LogP contribution in [0.2, 0.25) is 0 Å². The van der Waals surface area contributed by atoms with Gasteiger partial charge in [-0.2, -0.15) is 0 Å². The Labute approximate surface area is 216 Å². The van der Waals surface area contributed by atoms with Crippen LogP contribution < -0.4 is 10.6 Å². The Balaban J connectivity index is 1.21. The molecule has 2 aromatic heterocycles. The van der Waals surface area contributed by atoms with Crippen LogP contribution in [-0.2, 0) is 16.0 Å². The van der Waals surface area contributed by atoms with Gasteiger partial charge in [0.05, 0.1) is 6.04 Å². The van der Waals surface area contributed by atoms with Gasteiger partial charge in [-0.1, -0.05) is 32.1 Å². The van der Waals surface area contributed by atoms with E-state index in [9.17, 15) is 9.59 Å². The monoisotopic (exact) mass is 508 g/mol. The van der Waals surface area contributed by atoms with Gasteiger partial charge < -0.3 is 10.6 Å². The lowest BCUT2D eigenvalue weighted by Gasteiger charge is -2.58. The number of rotatable bonds is 5. The zero-order chi connectivity index (χ0) is 24.2. The molecule has 6 rings (SSSR count). The molecule has 3 aliphatic carbocycles. The predicted octanol–water partition coefficient (Wildman–Crippen LogP) is 6.12. The van der Waals surface area contributed by atoms with E-state index in [-0.39, 0.29) is 40.6 Å². The van der Waals surface area contributed by atoms with Gasteiger partial charge in [-0.3, -0.25) is 9.59 Å². The predicted molar refractivity (Wildman–Crippen MR) is 142 cm³/mol. The molecule has 0 radical (unpaired) electrons. The Hall–Kier alpha value is -1.92. The first kappa shape index (κ1) is 23.5. The molecule has 3 fully saturated rings. The van der Waals surface area contributed by atoms with Gasteiger partial charge in [0.15, 0.2) is 0 Å². The van der Waals surface area contributed by atoms with Crippen LogP contribution in [0.25, 0.3) is 0 Å². The Morgan fingerprint density at radius 1 is 1.09 bits per heavy atom. The lowest BCUT2D eigenvalue weighted by Crippen LogP contribution is -2.59. The highest BCUT2D eigenvalue weighted by Crippen LogP contribution is 2.65. The SMILES string of the molecule is C[C@]12C=CC(=O)N[C@@H]1CC[C@@H]1[C@@H]2CC[C@]2(C)[C@@H](C(=O)NC(Cc3cccs3)c3cccs3)CC[C@@H]12. The zero-order valence-electron chi connectivity index (χ0n) is 20.7. The van der Waals surface area contributed by atoms with Crippen molar-refractivity contribution in [2.75, 3.05) is 0 Å². The van der Waals surface area contributed by atoms with Crippen LogP contribution in [0.1, 0.15) is 68.2 Å². The highest BCUT2D eigenvalue weighted by molar-refractivity contribution is 7.10. The summed E-state index contributed by atoms with van der Waals surface area (Å²) in [6.45, 7) is 4.78. The first-order chi connectivity index (χ1) is 16.9. The molecule has 186 valence electrons. The fourth-order valence-corrected chi connectivity index (χ4v) is 9.91. The standard InChI is InChI=1S/C29H36N2O2S2/c1-28-13-11-21-19(7-10-25-29(21,2)14-12-26(32)31-25)20(28)8-9-22(28)27(33)30-23(24-6-4-16-35-24)17-18-5-3-15-34-18/h3-6,12,14-16,19-23,25H,7-11,13,17H2,1-2H3,(H,30,33)(H,31,32)/t19-,20-,21-,22+,23?,25+,28-,29+/m0/s1. The Morgan fingerprint density at radius 2 is 1.91 bits per heavy atom. The van der Waals surface area contributed by atoms with Crippen molar-refractivity contribution in [1.82, 2.24) is 10.6 Å². The second-order valence-corrected chi connectivity index (χ2v) is 13.8. The van der Waals surface area contributed by atoms with Crippen molar-refractivity contribution in [3.8, 4) is 0 Å². The number of nitrogens with one attached hydrogen (secondary N) is 2. The van der Waals surface area contributed by atoms with Crippen LogP contribution in [0.4, 0.5) is 0 Å². The minimum atomic E-state index is 0.0451. The number of hydrogen-bond acceptors (Lipinski definition) is 4. The molecule has 0 aromatic carbocycles. The maximum atomic E-state index is 13.9. The Bertz CT molecular complexity index is 1110. The quantitative estimate of drug-likeness (QED) is 0.511. The summed E-state index contributed by atoms with van der Waals surface area (Å²) in [7, 11) is 0. The zero-order valence-corrected chi connectivity index (χ0v) is 22.3. The Morgan fingerprint density at radius 3 is 2.69 bits per heavy atom. The van der Waals surface area contributed by atoms with Gasteiger partial charge in [-0.25, -0.2) is 0 Å². The summed E-state index contributed by atoms with van der Waals surface area (Å²) in [5.74, 6) is 2.24. The van der Waals surface area contributed by atoms with Gasteiger partial charge in [0.2, 0.25) is 11.8 Å². The van der Waals surface area contributed by atoms with Crippen LogP contribution in [0.3, 0.4) is 0 Å². The number of amides is 2. The number of carbonyl (C=O) groups is 2. The molecule has 35 heavy (non-hydrogen) atoms. The molecule has 4 nitrogen and oxygen atoms in total. The number of carbonyl (C=O) groups excluding carboxylic acids is 2. The number of thiophene rings is 2. The van der Waals surface area contributed by atoms with E-state index in [1.807, 2.05) is 0 Å². The highest BCUT2D eigenvalue weighted by atomic mass is 32.1. The molecule has 2 N–H and O–H groups in total. The largest absolute Gasteiger partial charge is 0.349 e. The van der Waals surface area contributed by atoms with Crippen molar-refractivity contribution in [2.24, 2.45) is 34.5 Å². The van der Waals surface area contributed by atoms with Crippen LogP contribution in [-0.4, -0.2) is 17.9 Å². The Kier molecular flexibility index (Phi) is 5.96. The summed E-state index contributed by atoms with van der Waals surface area (Å²) in [5.41, 5.74) is 0.114. The van der Waals surface area contributed by atoms with Crippen LogP contribution >= 0.6 is 22.7 Å². The maximum absolute atomic E-state index is 13.9. The minimum Gasteiger partial charge on any atom is -0.349 e. The van der Waals surface area contributed by atoms with Crippen LogP contribution in [0.5, 0.6) is 0 Å². The first-order valence-electron chi connectivity index (χ1n) is 13.2. The summed E-state index contributed by atoms with van der Waals surface area (Å²) >= 11 is 3.51. The minimum absolute atomic E-state index is 0.0451. The lowest BCUT2D eigenvalue weighted by atomic mass is 9.48. The van der Waals surface area contributed by atoms with Gasteiger partial charge in [-0.05, 0) is 90.7 Å². The second-order valence-electron chi connectivity index (χ2n) is 11.7. The molecule has 2 amide bonds. The van der Waals surface area contributed by atoms with E-state index < -0.39 is 0 Å². The highest BCUT2D eigenvalue weighted by Gasteiger charge is 2.60. The van der Waals surface area contributed by atoms with E-state index in [1.165, 1.54) is 16.2 Å². The fraction of sp³-hybridized carbons (Fsp3) is 0.586. The molecule has 0 saturated heterocycles. The van der Waals surface area contributed by atoms with Crippen molar-refractivity contribution >= 4 is 34.5 Å².